The van der Waals surface area contributed by atoms with Crippen LogP contribution in [0.5, 0.6) is 0 Å². The third-order valence-electron chi connectivity index (χ3n) is 2.32. The Kier molecular flexibility index (Phi) is 12.5. The van der Waals surface area contributed by atoms with E-state index in [4.69, 9.17) is 6.58 Å². The van der Waals surface area contributed by atoms with Gasteiger partial charge in [-0.2, -0.15) is 0 Å². The standard InChI is InChI=1S/C15H25/c1-3-5-7-9-11-13-15-14-12-10-8-6-4-2/h1,3,11-14H,4-10,15H2,2H3. The van der Waals surface area contributed by atoms with Crippen LogP contribution < -0.4 is 0 Å². The topological polar surface area (TPSA) is 0 Å². The summed E-state index contributed by atoms with van der Waals surface area (Å²) in [6, 6.07) is 0. The molecule has 0 aromatic carbocycles. The summed E-state index contributed by atoms with van der Waals surface area (Å²) in [5.74, 6) is 0. The number of rotatable bonds is 10. The van der Waals surface area contributed by atoms with Crippen LogP contribution in [0.2, 0.25) is 0 Å². The molecule has 0 unspecified atom stereocenters. The van der Waals surface area contributed by atoms with Gasteiger partial charge in [-0.25, -0.2) is 0 Å². The van der Waals surface area contributed by atoms with E-state index < -0.39 is 0 Å². The SMILES string of the molecule is [CH]=CCCCC=CCC=CCCCCC. The highest BCUT2D eigenvalue weighted by molar-refractivity contribution is 4.92. The lowest BCUT2D eigenvalue weighted by Crippen LogP contribution is -1.71. The monoisotopic (exact) mass is 205 g/mol. The van der Waals surface area contributed by atoms with Gasteiger partial charge >= 0.3 is 0 Å². The van der Waals surface area contributed by atoms with Gasteiger partial charge < -0.3 is 0 Å². The predicted octanol–water partition coefficient (Wildman–Crippen LogP) is 5.23. The summed E-state index contributed by atoms with van der Waals surface area (Å²) >= 11 is 0. The Balaban J connectivity index is 3.17. The van der Waals surface area contributed by atoms with Crippen molar-refractivity contribution in [2.75, 3.05) is 0 Å². The summed E-state index contributed by atoms with van der Waals surface area (Å²) in [5, 5.41) is 0. The molecular formula is C15H25. The summed E-state index contributed by atoms with van der Waals surface area (Å²) in [4.78, 5) is 0. The van der Waals surface area contributed by atoms with E-state index in [0.29, 0.717) is 0 Å². The van der Waals surface area contributed by atoms with Gasteiger partial charge in [-0.1, -0.05) is 56.7 Å². The van der Waals surface area contributed by atoms with E-state index in [2.05, 4.69) is 31.2 Å². The molecule has 0 rings (SSSR count). The first-order chi connectivity index (χ1) is 7.41. The smallest absolute Gasteiger partial charge is 0.0169 e. The second kappa shape index (κ2) is 13.2. The lowest BCUT2D eigenvalue weighted by Gasteiger charge is -1.91. The molecule has 0 amide bonds. The summed E-state index contributed by atoms with van der Waals surface area (Å²) in [5.41, 5.74) is 0. The van der Waals surface area contributed by atoms with Gasteiger partial charge in [0.2, 0.25) is 0 Å². The van der Waals surface area contributed by atoms with Crippen LogP contribution in [0, 0.1) is 6.58 Å². The third-order valence-corrected chi connectivity index (χ3v) is 2.32. The molecule has 0 aromatic heterocycles. The van der Waals surface area contributed by atoms with Gasteiger partial charge in [-0.05, 0) is 38.5 Å². The second-order valence-corrected chi connectivity index (χ2v) is 3.84. The van der Waals surface area contributed by atoms with Gasteiger partial charge in [0, 0.05) is 0 Å². The molecule has 0 aliphatic rings. The van der Waals surface area contributed by atoms with Gasteiger partial charge in [-0.3, -0.25) is 0 Å². The van der Waals surface area contributed by atoms with Crippen LogP contribution in [0.4, 0.5) is 0 Å². The molecule has 85 valence electrons. The quantitative estimate of drug-likeness (QED) is 0.338. The summed E-state index contributed by atoms with van der Waals surface area (Å²) in [6.45, 7) is 7.53. The predicted molar refractivity (Wildman–Crippen MR) is 69.8 cm³/mol. The number of unbranched alkanes of at least 4 members (excludes halogenated alkanes) is 5. The number of allylic oxidation sites excluding steroid dienone is 5. The van der Waals surface area contributed by atoms with Crippen molar-refractivity contribution in [3.63, 3.8) is 0 Å². The number of hydrogen-bond donors (Lipinski definition) is 0. The average molecular weight is 205 g/mol. The molecule has 0 fully saturated rings. The minimum atomic E-state index is 1.02. The molecule has 1 radical (unpaired) electrons. The minimum absolute atomic E-state index is 1.02. The summed E-state index contributed by atoms with van der Waals surface area (Å²) < 4.78 is 0. The normalized spacial score (nSPS) is 11.5. The van der Waals surface area contributed by atoms with Crippen LogP contribution in [0.15, 0.2) is 30.4 Å². The number of hydrogen-bond acceptors (Lipinski definition) is 0. The van der Waals surface area contributed by atoms with E-state index in [9.17, 15) is 0 Å². The maximum atomic E-state index is 5.29. The molecule has 0 spiro atoms. The van der Waals surface area contributed by atoms with E-state index in [1.165, 1.54) is 32.1 Å². The molecule has 0 aliphatic heterocycles. The van der Waals surface area contributed by atoms with Crippen molar-refractivity contribution < 1.29 is 0 Å². The minimum Gasteiger partial charge on any atom is -0.0882 e. The highest BCUT2D eigenvalue weighted by atomic mass is 13.9. The molecule has 0 nitrogen and oxygen atoms in total. The molecule has 0 heteroatoms. The van der Waals surface area contributed by atoms with E-state index in [0.717, 1.165) is 19.3 Å². The first-order valence-corrected chi connectivity index (χ1v) is 6.25. The zero-order valence-corrected chi connectivity index (χ0v) is 10.1. The van der Waals surface area contributed by atoms with Crippen LogP contribution >= 0.6 is 0 Å². The molecule has 0 aliphatic carbocycles. The van der Waals surface area contributed by atoms with Gasteiger partial charge in [0.1, 0.15) is 0 Å². The first-order valence-electron chi connectivity index (χ1n) is 6.25. The maximum absolute atomic E-state index is 5.29. The maximum Gasteiger partial charge on any atom is -0.0169 e. The molecule has 0 saturated carbocycles. The third kappa shape index (κ3) is 13.2. The molecule has 0 aromatic rings. The Morgan fingerprint density at radius 2 is 1.47 bits per heavy atom. The van der Waals surface area contributed by atoms with Crippen LogP contribution in [-0.2, 0) is 0 Å². The Morgan fingerprint density at radius 3 is 2.07 bits per heavy atom. The Bertz CT molecular complexity index is 174. The molecule has 0 heterocycles. The zero-order valence-electron chi connectivity index (χ0n) is 10.1. The zero-order chi connectivity index (χ0) is 11.2. The first kappa shape index (κ1) is 14.2. The van der Waals surface area contributed by atoms with Crippen molar-refractivity contribution in [2.45, 2.75) is 58.3 Å². The fourth-order valence-corrected chi connectivity index (χ4v) is 1.37. The Morgan fingerprint density at radius 1 is 0.800 bits per heavy atom. The fourth-order valence-electron chi connectivity index (χ4n) is 1.37. The van der Waals surface area contributed by atoms with Gasteiger partial charge in [0.05, 0.1) is 0 Å². The van der Waals surface area contributed by atoms with Gasteiger partial charge in [0.25, 0.3) is 0 Å². The van der Waals surface area contributed by atoms with Crippen LogP contribution in [0.1, 0.15) is 58.3 Å². The highest BCUT2D eigenvalue weighted by Gasteiger charge is 1.81. The lowest BCUT2D eigenvalue weighted by atomic mass is 10.2. The summed E-state index contributed by atoms with van der Waals surface area (Å²) in [6.07, 6.45) is 20.5. The van der Waals surface area contributed by atoms with Crippen molar-refractivity contribution in [2.24, 2.45) is 0 Å². The van der Waals surface area contributed by atoms with Crippen molar-refractivity contribution in [3.8, 4) is 0 Å². The second-order valence-electron chi connectivity index (χ2n) is 3.84. The van der Waals surface area contributed by atoms with Crippen LogP contribution in [0.25, 0.3) is 0 Å². The molecule has 15 heavy (non-hydrogen) atoms. The Hall–Kier alpha value is -0.780. The average Bonchev–Trinajstić information content (AvgIpc) is 2.26. The largest absolute Gasteiger partial charge is 0.0882 e. The molecule has 0 N–H and O–H groups in total. The van der Waals surface area contributed by atoms with Gasteiger partial charge in [-0.15, -0.1) is 0 Å². The van der Waals surface area contributed by atoms with Crippen molar-refractivity contribution in [1.82, 2.24) is 0 Å². The molecular weight excluding hydrogens is 180 g/mol. The van der Waals surface area contributed by atoms with E-state index in [1.807, 2.05) is 0 Å². The van der Waals surface area contributed by atoms with E-state index in [-0.39, 0.29) is 0 Å². The van der Waals surface area contributed by atoms with Crippen LogP contribution in [-0.4, -0.2) is 0 Å². The molecule has 0 saturated heterocycles. The Labute approximate surface area is 95.8 Å². The molecule has 0 bridgehead atoms. The van der Waals surface area contributed by atoms with Crippen molar-refractivity contribution in [1.29, 1.82) is 0 Å². The summed E-state index contributed by atoms with van der Waals surface area (Å²) in [7, 11) is 0. The van der Waals surface area contributed by atoms with Crippen molar-refractivity contribution >= 4 is 0 Å². The van der Waals surface area contributed by atoms with E-state index >= 15 is 0 Å². The highest BCUT2D eigenvalue weighted by Crippen LogP contribution is 2.01. The van der Waals surface area contributed by atoms with E-state index in [1.54, 1.807) is 6.08 Å². The van der Waals surface area contributed by atoms with Crippen LogP contribution in [0.3, 0.4) is 0 Å². The van der Waals surface area contributed by atoms with Gasteiger partial charge in [0.15, 0.2) is 0 Å². The fraction of sp³-hybridized carbons (Fsp3) is 0.600. The molecule has 0 atom stereocenters. The lowest BCUT2D eigenvalue weighted by molar-refractivity contribution is 0.728. The van der Waals surface area contributed by atoms with Crippen molar-refractivity contribution in [3.05, 3.63) is 37.0 Å².